The molecule has 6 heteroatoms. The van der Waals surface area contributed by atoms with Gasteiger partial charge in [-0.3, -0.25) is 10.1 Å². The van der Waals surface area contributed by atoms with Gasteiger partial charge in [0.15, 0.2) is 11.5 Å². The summed E-state index contributed by atoms with van der Waals surface area (Å²) in [6, 6.07) is 3.81. The molecule has 6 nitrogen and oxygen atoms in total. The Morgan fingerprint density at radius 1 is 1.27 bits per heavy atom. The van der Waals surface area contributed by atoms with Crippen LogP contribution in [0.4, 0.5) is 5.69 Å². The number of nitrogens with one attached hydrogen (secondary N) is 1. The summed E-state index contributed by atoms with van der Waals surface area (Å²) >= 11 is 0. The number of quaternary nitrogens is 1. The van der Waals surface area contributed by atoms with Gasteiger partial charge in [0.2, 0.25) is 0 Å². The standard InChI is InChI=1S/C16H24N2O4/c1-4-13-7-5-6-8-17(13)11-12-9-15(21-2)16(22-3)10-14(12)18(19)20/h9-10,13H,4-8,11H2,1-3H3/p+1/t13-/m0/s1. The Hall–Kier alpha value is -1.82. The highest BCUT2D eigenvalue weighted by Crippen LogP contribution is 2.34. The summed E-state index contributed by atoms with van der Waals surface area (Å²) in [6.45, 7) is 3.93. The van der Waals surface area contributed by atoms with Gasteiger partial charge in [0.25, 0.3) is 5.69 Å². The first-order valence-corrected chi connectivity index (χ1v) is 7.84. The Labute approximate surface area is 131 Å². The molecule has 0 radical (unpaired) electrons. The second-order valence-electron chi connectivity index (χ2n) is 5.78. The molecule has 22 heavy (non-hydrogen) atoms. The summed E-state index contributed by atoms with van der Waals surface area (Å²) in [5, 5.41) is 11.4. The maximum absolute atomic E-state index is 11.4. The molecule has 0 bridgehead atoms. The summed E-state index contributed by atoms with van der Waals surface area (Å²) in [5.41, 5.74) is 0.837. The minimum atomic E-state index is -0.332. The van der Waals surface area contributed by atoms with Crippen molar-refractivity contribution in [3.63, 3.8) is 0 Å². The van der Waals surface area contributed by atoms with Crippen LogP contribution in [0.5, 0.6) is 11.5 Å². The first-order chi connectivity index (χ1) is 10.6. The zero-order valence-electron chi connectivity index (χ0n) is 13.6. The van der Waals surface area contributed by atoms with E-state index in [1.165, 1.54) is 37.3 Å². The number of nitrogens with zero attached hydrogens (tertiary/aromatic N) is 1. The number of benzene rings is 1. The molecule has 0 aromatic heterocycles. The van der Waals surface area contributed by atoms with Crippen molar-refractivity contribution in [3.05, 3.63) is 27.8 Å². The molecule has 2 atom stereocenters. The predicted molar refractivity (Wildman–Crippen MR) is 83.7 cm³/mol. The number of hydrogen-bond donors (Lipinski definition) is 1. The third-order valence-corrected chi connectivity index (χ3v) is 4.57. The second kappa shape index (κ2) is 7.45. The van der Waals surface area contributed by atoms with Gasteiger partial charge in [-0.1, -0.05) is 6.92 Å². The molecule has 0 spiro atoms. The van der Waals surface area contributed by atoms with Crippen LogP contribution in [-0.4, -0.2) is 31.7 Å². The van der Waals surface area contributed by atoms with E-state index in [4.69, 9.17) is 9.47 Å². The van der Waals surface area contributed by atoms with E-state index in [0.29, 0.717) is 24.1 Å². The third kappa shape index (κ3) is 3.50. The van der Waals surface area contributed by atoms with Gasteiger partial charge in [0.05, 0.1) is 43.4 Å². The fourth-order valence-electron chi connectivity index (χ4n) is 3.34. The first kappa shape index (κ1) is 16.5. The molecule has 1 fully saturated rings. The molecule has 1 saturated heterocycles. The highest BCUT2D eigenvalue weighted by molar-refractivity contribution is 5.54. The zero-order chi connectivity index (χ0) is 16.1. The fourth-order valence-corrected chi connectivity index (χ4v) is 3.34. The van der Waals surface area contributed by atoms with E-state index in [0.717, 1.165) is 18.5 Å². The highest BCUT2D eigenvalue weighted by atomic mass is 16.6. The van der Waals surface area contributed by atoms with Crippen LogP contribution in [0, 0.1) is 10.1 Å². The molecule has 1 unspecified atom stereocenters. The van der Waals surface area contributed by atoms with Crippen molar-refractivity contribution in [2.75, 3.05) is 20.8 Å². The van der Waals surface area contributed by atoms with Crippen LogP contribution in [0.25, 0.3) is 0 Å². The van der Waals surface area contributed by atoms with E-state index in [9.17, 15) is 10.1 Å². The smallest absolute Gasteiger partial charge is 0.282 e. The Morgan fingerprint density at radius 2 is 1.95 bits per heavy atom. The minimum absolute atomic E-state index is 0.116. The molecule has 1 aliphatic heterocycles. The van der Waals surface area contributed by atoms with Gasteiger partial charge >= 0.3 is 0 Å². The van der Waals surface area contributed by atoms with Crippen molar-refractivity contribution in [1.82, 2.24) is 0 Å². The number of likely N-dealkylation sites (tertiary alicyclic amines) is 1. The van der Waals surface area contributed by atoms with E-state index < -0.39 is 0 Å². The molecule has 1 heterocycles. The maximum Gasteiger partial charge on any atom is 0.282 e. The second-order valence-corrected chi connectivity index (χ2v) is 5.78. The predicted octanol–water partition coefficient (Wildman–Crippen LogP) is 1.96. The summed E-state index contributed by atoms with van der Waals surface area (Å²) in [4.78, 5) is 12.5. The lowest BCUT2D eigenvalue weighted by molar-refractivity contribution is -0.944. The molecule has 0 saturated carbocycles. The molecule has 0 aliphatic carbocycles. The van der Waals surface area contributed by atoms with Crippen LogP contribution >= 0.6 is 0 Å². The Morgan fingerprint density at radius 3 is 2.55 bits per heavy atom. The lowest BCUT2D eigenvalue weighted by Gasteiger charge is -2.32. The molecule has 1 N–H and O–H groups in total. The van der Waals surface area contributed by atoms with Gasteiger partial charge in [0.1, 0.15) is 6.54 Å². The number of piperidine rings is 1. The van der Waals surface area contributed by atoms with Gasteiger partial charge in [-0.15, -0.1) is 0 Å². The Bertz CT molecular complexity index is 533. The fraction of sp³-hybridized carbons (Fsp3) is 0.625. The van der Waals surface area contributed by atoms with Crippen molar-refractivity contribution in [1.29, 1.82) is 0 Å². The molecule has 2 rings (SSSR count). The quantitative estimate of drug-likeness (QED) is 0.644. The van der Waals surface area contributed by atoms with E-state index in [1.807, 2.05) is 0 Å². The lowest BCUT2D eigenvalue weighted by Crippen LogP contribution is -3.15. The van der Waals surface area contributed by atoms with Crippen LogP contribution < -0.4 is 14.4 Å². The molecule has 1 aromatic carbocycles. The number of nitro groups is 1. The van der Waals surface area contributed by atoms with E-state index in [2.05, 4.69) is 6.92 Å². The van der Waals surface area contributed by atoms with Gasteiger partial charge in [0, 0.05) is 0 Å². The van der Waals surface area contributed by atoms with Crippen LogP contribution in [0.2, 0.25) is 0 Å². The number of ether oxygens (including phenoxy) is 2. The largest absolute Gasteiger partial charge is 0.493 e. The normalized spacial score (nSPS) is 21.4. The van der Waals surface area contributed by atoms with Crippen molar-refractivity contribution >= 4 is 5.69 Å². The number of nitro benzene ring substituents is 1. The van der Waals surface area contributed by atoms with Gasteiger partial charge in [-0.25, -0.2) is 0 Å². The number of methoxy groups -OCH3 is 2. The summed E-state index contributed by atoms with van der Waals surface area (Å²) < 4.78 is 10.5. The molecular weight excluding hydrogens is 284 g/mol. The lowest BCUT2D eigenvalue weighted by atomic mass is 9.99. The monoisotopic (exact) mass is 309 g/mol. The van der Waals surface area contributed by atoms with Crippen molar-refractivity contribution in [2.45, 2.75) is 45.2 Å². The van der Waals surface area contributed by atoms with Crippen LogP contribution in [0.1, 0.15) is 38.2 Å². The van der Waals surface area contributed by atoms with Crippen molar-refractivity contribution < 1.29 is 19.3 Å². The number of hydrogen-bond acceptors (Lipinski definition) is 4. The molecular formula is C16H25N2O4+. The molecule has 0 amide bonds. The van der Waals surface area contributed by atoms with E-state index >= 15 is 0 Å². The van der Waals surface area contributed by atoms with Crippen molar-refractivity contribution in [2.24, 2.45) is 0 Å². The Balaban J connectivity index is 2.33. The maximum atomic E-state index is 11.4. The van der Waals surface area contributed by atoms with Crippen LogP contribution in [0.3, 0.4) is 0 Å². The van der Waals surface area contributed by atoms with Gasteiger partial charge in [-0.05, 0) is 31.7 Å². The van der Waals surface area contributed by atoms with E-state index in [-0.39, 0.29) is 10.6 Å². The third-order valence-electron chi connectivity index (χ3n) is 4.57. The van der Waals surface area contributed by atoms with Crippen LogP contribution in [-0.2, 0) is 6.54 Å². The topological polar surface area (TPSA) is 66.0 Å². The molecule has 122 valence electrons. The zero-order valence-corrected chi connectivity index (χ0v) is 13.6. The SMILES string of the molecule is CC[C@H]1CCCC[NH+]1Cc1cc(OC)c(OC)cc1[N+](=O)[O-]. The van der Waals surface area contributed by atoms with Gasteiger partial charge < -0.3 is 14.4 Å². The summed E-state index contributed by atoms with van der Waals surface area (Å²) in [5.74, 6) is 0.950. The molecule has 1 aliphatic rings. The Kier molecular flexibility index (Phi) is 5.60. The van der Waals surface area contributed by atoms with E-state index in [1.54, 1.807) is 13.2 Å². The highest BCUT2D eigenvalue weighted by Gasteiger charge is 2.28. The average molecular weight is 309 g/mol. The van der Waals surface area contributed by atoms with Crippen LogP contribution in [0.15, 0.2) is 12.1 Å². The number of rotatable bonds is 6. The average Bonchev–Trinajstić information content (AvgIpc) is 2.54. The molecule has 1 aromatic rings. The summed E-state index contributed by atoms with van der Waals surface area (Å²) in [6.07, 6.45) is 4.76. The first-order valence-electron chi connectivity index (χ1n) is 7.84. The van der Waals surface area contributed by atoms with Gasteiger partial charge in [-0.2, -0.15) is 0 Å². The van der Waals surface area contributed by atoms with Crippen molar-refractivity contribution in [3.8, 4) is 11.5 Å². The minimum Gasteiger partial charge on any atom is -0.493 e. The summed E-state index contributed by atoms with van der Waals surface area (Å²) in [7, 11) is 3.04.